The molecular weight excluding hydrogens is 220 g/mol. The van der Waals surface area contributed by atoms with Crippen molar-refractivity contribution in [1.29, 1.82) is 0 Å². The van der Waals surface area contributed by atoms with Gasteiger partial charge in [-0.05, 0) is 45.2 Å². The Morgan fingerprint density at radius 2 is 2.19 bits per heavy atom. The van der Waals surface area contributed by atoms with E-state index in [1.54, 1.807) is 0 Å². The summed E-state index contributed by atoms with van der Waals surface area (Å²) < 4.78 is 5.73. The van der Waals surface area contributed by atoms with Gasteiger partial charge in [-0.2, -0.15) is 0 Å². The van der Waals surface area contributed by atoms with Gasteiger partial charge < -0.3 is 9.84 Å². The van der Waals surface area contributed by atoms with Crippen LogP contribution in [-0.2, 0) is 11.2 Å². The molecule has 3 heteroatoms. The monoisotopic (exact) mass is 242 g/mol. The SMILES string of the molecule is Cc1ccc(CCOC(C)CCCCO)s1. The summed E-state index contributed by atoms with van der Waals surface area (Å²) in [6.45, 7) is 5.34. The van der Waals surface area contributed by atoms with Gasteiger partial charge in [0.1, 0.15) is 0 Å². The van der Waals surface area contributed by atoms with E-state index in [-0.39, 0.29) is 0 Å². The highest BCUT2D eigenvalue weighted by molar-refractivity contribution is 7.11. The van der Waals surface area contributed by atoms with Crippen molar-refractivity contribution in [1.82, 2.24) is 0 Å². The van der Waals surface area contributed by atoms with Crippen molar-refractivity contribution in [2.24, 2.45) is 0 Å². The molecule has 1 N–H and O–H groups in total. The summed E-state index contributed by atoms with van der Waals surface area (Å²) in [5.41, 5.74) is 0. The third-order valence-electron chi connectivity index (χ3n) is 2.57. The summed E-state index contributed by atoms with van der Waals surface area (Å²) in [5.74, 6) is 0. The number of rotatable bonds is 8. The van der Waals surface area contributed by atoms with Crippen molar-refractivity contribution in [3.8, 4) is 0 Å². The first-order valence-electron chi connectivity index (χ1n) is 6.00. The summed E-state index contributed by atoms with van der Waals surface area (Å²) >= 11 is 1.85. The van der Waals surface area contributed by atoms with Crippen LogP contribution in [0.15, 0.2) is 12.1 Å². The molecule has 1 aromatic rings. The van der Waals surface area contributed by atoms with Gasteiger partial charge in [-0.15, -0.1) is 11.3 Å². The lowest BCUT2D eigenvalue weighted by Gasteiger charge is -2.11. The molecule has 0 spiro atoms. The van der Waals surface area contributed by atoms with Gasteiger partial charge >= 0.3 is 0 Å². The molecule has 0 radical (unpaired) electrons. The fourth-order valence-electron chi connectivity index (χ4n) is 1.61. The van der Waals surface area contributed by atoms with Gasteiger partial charge in [0.05, 0.1) is 12.7 Å². The molecule has 1 unspecified atom stereocenters. The molecule has 0 aromatic carbocycles. The van der Waals surface area contributed by atoms with Crippen LogP contribution in [0, 0.1) is 6.92 Å². The molecule has 2 nitrogen and oxygen atoms in total. The van der Waals surface area contributed by atoms with E-state index in [1.807, 2.05) is 11.3 Å². The smallest absolute Gasteiger partial charge is 0.0547 e. The molecule has 92 valence electrons. The van der Waals surface area contributed by atoms with E-state index in [1.165, 1.54) is 9.75 Å². The minimum absolute atomic E-state index is 0.293. The van der Waals surface area contributed by atoms with Crippen LogP contribution in [0.3, 0.4) is 0 Å². The zero-order valence-electron chi connectivity index (χ0n) is 10.2. The summed E-state index contributed by atoms with van der Waals surface area (Å²) in [7, 11) is 0. The number of aliphatic hydroxyl groups excluding tert-OH is 1. The Kier molecular flexibility index (Phi) is 6.69. The Hall–Kier alpha value is -0.380. The Bertz CT molecular complexity index is 283. The van der Waals surface area contributed by atoms with E-state index in [2.05, 4.69) is 26.0 Å². The van der Waals surface area contributed by atoms with Crippen LogP contribution in [0.25, 0.3) is 0 Å². The van der Waals surface area contributed by atoms with Crippen molar-refractivity contribution in [2.75, 3.05) is 13.2 Å². The molecule has 1 atom stereocenters. The highest BCUT2D eigenvalue weighted by atomic mass is 32.1. The molecule has 0 amide bonds. The lowest BCUT2D eigenvalue weighted by Crippen LogP contribution is -2.10. The molecule has 1 rings (SSSR count). The highest BCUT2D eigenvalue weighted by Gasteiger charge is 2.02. The molecule has 0 aliphatic carbocycles. The molecular formula is C13H22O2S. The van der Waals surface area contributed by atoms with Crippen molar-refractivity contribution in [3.63, 3.8) is 0 Å². The maximum Gasteiger partial charge on any atom is 0.0547 e. The quantitative estimate of drug-likeness (QED) is 0.710. The Morgan fingerprint density at radius 1 is 1.38 bits per heavy atom. The molecule has 0 aliphatic rings. The topological polar surface area (TPSA) is 29.5 Å². The second-order valence-corrected chi connectivity index (χ2v) is 5.54. The molecule has 1 aromatic heterocycles. The van der Waals surface area contributed by atoms with Gasteiger partial charge in [-0.3, -0.25) is 0 Å². The van der Waals surface area contributed by atoms with Crippen LogP contribution in [-0.4, -0.2) is 24.4 Å². The first-order valence-corrected chi connectivity index (χ1v) is 6.82. The van der Waals surface area contributed by atoms with E-state index in [4.69, 9.17) is 9.84 Å². The predicted octanol–water partition coefficient (Wildman–Crippen LogP) is 3.17. The van der Waals surface area contributed by atoms with Crippen molar-refractivity contribution >= 4 is 11.3 Å². The van der Waals surface area contributed by atoms with Crippen molar-refractivity contribution < 1.29 is 9.84 Å². The number of unbranched alkanes of at least 4 members (excludes halogenated alkanes) is 1. The summed E-state index contributed by atoms with van der Waals surface area (Å²) in [5, 5.41) is 8.67. The maximum atomic E-state index is 8.67. The first-order chi connectivity index (χ1) is 7.72. The number of hydrogen-bond acceptors (Lipinski definition) is 3. The number of hydrogen-bond donors (Lipinski definition) is 1. The molecule has 0 fully saturated rings. The molecule has 0 saturated carbocycles. The summed E-state index contributed by atoms with van der Waals surface area (Å²) in [4.78, 5) is 2.77. The van der Waals surface area contributed by atoms with Crippen LogP contribution >= 0.6 is 11.3 Å². The fraction of sp³-hybridized carbons (Fsp3) is 0.692. The second-order valence-electron chi connectivity index (χ2n) is 4.16. The maximum absolute atomic E-state index is 8.67. The lowest BCUT2D eigenvalue weighted by molar-refractivity contribution is 0.0601. The predicted molar refractivity (Wildman–Crippen MR) is 69.1 cm³/mol. The normalized spacial score (nSPS) is 12.9. The van der Waals surface area contributed by atoms with Crippen LogP contribution < -0.4 is 0 Å². The van der Waals surface area contributed by atoms with Gasteiger partial charge in [-0.25, -0.2) is 0 Å². The third kappa shape index (κ3) is 5.64. The first kappa shape index (κ1) is 13.7. The van der Waals surface area contributed by atoms with Gasteiger partial charge in [0, 0.05) is 22.8 Å². The third-order valence-corrected chi connectivity index (χ3v) is 3.63. The molecule has 0 bridgehead atoms. The van der Waals surface area contributed by atoms with E-state index in [9.17, 15) is 0 Å². The van der Waals surface area contributed by atoms with Gasteiger partial charge in [0.25, 0.3) is 0 Å². The van der Waals surface area contributed by atoms with Crippen molar-refractivity contribution in [3.05, 3.63) is 21.9 Å². The van der Waals surface area contributed by atoms with Crippen molar-refractivity contribution in [2.45, 2.75) is 45.6 Å². The van der Waals surface area contributed by atoms with Gasteiger partial charge in [0.15, 0.2) is 0 Å². The number of aryl methyl sites for hydroxylation is 1. The Morgan fingerprint density at radius 3 is 2.81 bits per heavy atom. The average Bonchev–Trinajstić information content (AvgIpc) is 2.65. The van der Waals surface area contributed by atoms with Gasteiger partial charge in [0.2, 0.25) is 0 Å². The fourth-order valence-corrected chi connectivity index (χ4v) is 2.48. The molecule has 0 saturated heterocycles. The molecule has 0 aliphatic heterocycles. The Balaban J connectivity index is 2.06. The molecule has 16 heavy (non-hydrogen) atoms. The largest absolute Gasteiger partial charge is 0.396 e. The Labute approximate surface area is 102 Å². The minimum Gasteiger partial charge on any atom is -0.396 e. The lowest BCUT2D eigenvalue weighted by atomic mass is 10.2. The van der Waals surface area contributed by atoms with E-state index < -0.39 is 0 Å². The summed E-state index contributed by atoms with van der Waals surface area (Å²) in [6, 6.07) is 4.34. The number of thiophene rings is 1. The minimum atomic E-state index is 0.293. The van der Waals surface area contributed by atoms with E-state index in [0.717, 1.165) is 32.3 Å². The standard InChI is InChI=1S/C13H22O2S/c1-11(5-3-4-9-14)15-10-8-13-7-6-12(2)16-13/h6-7,11,14H,3-5,8-10H2,1-2H3. The second kappa shape index (κ2) is 7.82. The highest BCUT2D eigenvalue weighted by Crippen LogP contribution is 2.16. The van der Waals surface area contributed by atoms with Crippen LogP contribution in [0.2, 0.25) is 0 Å². The van der Waals surface area contributed by atoms with E-state index >= 15 is 0 Å². The van der Waals surface area contributed by atoms with Crippen LogP contribution in [0.5, 0.6) is 0 Å². The number of ether oxygens (including phenoxy) is 1. The summed E-state index contributed by atoms with van der Waals surface area (Å²) in [6.07, 6.45) is 4.31. The zero-order valence-corrected chi connectivity index (χ0v) is 11.1. The number of aliphatic hydroxyl groups is 1. The zero-order chi connectivity index (χ0) is 11.8. The van der Waals surface area contributed by atoms with E-state index in [0.29, 0.717) is 12.7 Å². The molecule has 1 heterocycles. The van der Waals surface area contributed by atoms with Crippen LogP contribution in [0.1, 0.15) is 35.9 Å². The van der Waals surface area contributed by atoms with Gasteiger partial charge in [-0.1, -0.05) is 0 Å². The van der Waals surface area contributed by atoms with Crippen LogP contribution in [0.4, 0.5) is 0 Å². The average molecular weight is 242 g/mol.